The number of hydrogen-bond donors (Lipinski definition) is 0. The van der Waals surface area contributed by atoms with Crippen molar-refractivity contribution in [3.8, 4) is 0 Å². The molecule has 1 heterocycles. The lowest BCUT2D eigenvalue weighted by atomic mass is 9.77. The fraction of sp³-hybridized carbons (Fsp3) is 0.824. The maximum absolute atomic E-state index is 4.37. The Hall–Kier alpha value is -0.790. The molecule has 1 atom stereocenters. The van der Waals surface area contributed by atoms with Gasteiger partial charge >= 0.3 is 0 Å². The van der Waals surface area contributed by atoms with Crippen LogP contribution in [-0.2, 0) is 12.5 Å². The molecule has 0 fully saturated rings. The molecule has 0 amide bonds. The minimum atomic E-state index is 0.313. The van der Waals surface area contributed by atoms with Crippen molar-refractivity contribution in [3.63, 3.8) is 0 Å². The molecule has 0 radical (unpaired) electrons. The summed E-state index contributed by atoms with van der Waals surface area (Å²) in [5, 5.41) is 4.37. The molecule has 0 bridgehead atoms. The van der Waals surface area contributed by atoms with Crippen molar-refractivity contribution < 1.29 is 0 Å². The monoisotopic (exact) mass is 264 g/mol. The molecule has 1 unspecified atom stereocenters. The van der Waals surface area contributed by atoms with Crippen LogP contribution in [0.5, 0.6) is 0 Å². The highest BCUT2D eigenvalue weighted by Crippen LogP contribution is 2.34. The Labute approximate surface area is 119 Å². The van der Waals surface area contributed by atoms with Gasteiger partial charge in [-0.05, 0) is 18.9 Å². The van der Waals surface area contributed by atoms with E-state index in [1.54, 1.807) is 0 Å². The van der Waals surface area contributed by atoms with Gasteiger partial charge in [-0.15, -0.1) is 0 Å². The van der Waals surface area contributed by atoms with Crippen molar-refractivity contribution in [2.45, 2.75) is 84.0 Å². The molecule has 0 saturated heterocycles. The molecule has 0 N–H and O–H groups in total. The highest BCUT2D eigenvalue weighted by atomic mass is 15.3. The summed E-state index contributed by atoms with van der Waals surface area (Å²) in [7, 11) is 2.08. The van der Waals surface area contributed by atoms with E-state index >= 15 is 0 Å². The first kappa shape index (κ1) is 16.3. The average molecular weight is 264 g/mol. The minimum absolute atomic E-state index is 0.313. The van der Waals surface area contributed by atoms with Crippen molar-refractivity contribution in [3.05, 3.63) is 18.0 Å². The SMILES string of the molecule is CCCCCCCC(C)(CCCC)c1ccnn1C. The summed E-state index contributed by atoms with van der Waals surface area (Å²) >= 11 is 0. The average Bonchev–Trinajstić information content (AvgIpc) is 2.83. The molecule has 1 aromatic heterocycles. The van der Waals surface area contributed by atoms with Crippen molar-refractivity contribution in [1.82, 2.24) is 9.78 Å². The Morgan fingerprint density at radius 3 is 2.21 bits per heavy atom. The van der Waals surface area contributed by atoms with Crippen molar-refractivity contribution in [2.75, 3.05) is 0 Å². The largest absolute Gasteiger partial charge is 0.272 e. The van der Waals surface area contributed by atoms with Crippen molar-refractivity contribution in [1.29, 1.82) is 0 Å². The quantitative estimate of drug-likeness (QED) is 0.529. The zero-order valence-corrected chi connectivity index (χ0v) is 13.4. The zero-order chi connectivity index (χ0) is 14.1. The first-order chi connectivity index (χ1) is 9.14. The Kier molecular flexibility index (Phi) is 7.19. The Bertz CT molecular complexity index is 343. The summed E-state index contributed by atoms with van der Waals surface area (Å²) in [6.07, 6.45) is 14.0. The van der Waals surface area contributed by atoms with Crippen LogP contribution in [0.25, 0.3) is 0 Å². The van der Waals surface area contributed by atoms with Gasteiger partial charge in [0.2, 0.25) is 0 Å². The van der Waals surface area contributed by atoms with Gasteiger partial charge in [0.15, 0.2) is 0 Å². The van der Waals surface area contributed by atoms with Gasteiger partial charge in [0.25, 0.3) is 0 Å². The van der Waals surface area contributed by atoms with E-state index in [2.05, 4.69) is 43.7 Å². The van der Waals surface area contributed by atoms with Crippen LogP contribution in [0.15, 0.2) is 12.3 Å². The molecule has 1 rings (SSSR count). The van der Waals surface area contributed by atoms with Crippen LogP contribution in [0.3, 0.4) is 0 Å². The van der Waals surface area contributed by atoms with E-state index in [1.807, 2.05) is 6.20 Å². The lowest BCUT2D eigenvalue weighted by Crippen LogP contribution is -2.25. The third-order valence-electron chi connectivity index (χ3n) is 4.35. The number of nitrogens with zero attached hydrogens (tertiary/aromatic N) is 2. The molecule has 1 aromatic rings. The summed E-state index contributed by atoms with van der Waals surface area (Å²) in [5.41, 5.74) is 1.73. The van der Waals surface area contributed by atoms with E-state index in [0.29, 0.717) is 5.41 Å². The summed E-state index contributed by atoms with van der Waals surface area (Å²) < 4.78 is 2.07. The third kappa shape index (κ3) is 5.00. The van der Waals surface area contributed by atoms with Gasteiger partial charge in [0.05, 0.1) is 0 Å². The van der Waals surface area contributed by atoms with E-state index < -0.39 is 0 Å². The number of aryl methyl sites for hydroxylation is 1. The number of unbranched alkanes of at least 4 members (excludes halogenated alkanes) is 5. The summed E-state index contributed by atoms with van der Waals surface area (Å²) in [6.45, 7) is 6.99. The molecule has 0 aromatic carbocycles. The second kappa shape index (κ2) is 8.39. The van der Waals surface area contributed by atoms with E-state index in [-0.39, 0.29) is 0 Å². The second-order valence-electron chi connectivity index (χ2n) is 6.17. The number of rotatable bonds is 10. The summed E-state index contributed by atoms with van der Waals surface area (Å²) in [6, 6.07) is 2.21. The van der Waals surface area contributed by atoms with E-state index in [4.69, 9.17) is 0 Å². The van der Waals surface area contributed by atoms with Gasteiger partial charge in [0.1, 0.15) is 0 Å². The molecule has 2 heteroatoms. The summed E-state index contributed by atoms with van der Waals surface area (Å²) in [5.74, 6) is 0. The molecular formula is C17H32N2. The third-order valence-corrected chi connectivity index (χ3v) is 4.35. The first-order valence-corrected chi connectivity index (χ1v) is 8.12. The second-order valence-corrected chi connectivity index (χ2v) is 6.17. The predicted octanol–water partition coefficient (Wildman–Crippen LogP) is 5.23. The van der Waals surface area contributed by atoms with Crippen LogP contribution in [0.4, 0.5) is 0 Å². The highest BCUT2D eigenvalue weighted by Gasteiger charge is 2.28. The first-order valence-electron chi connectivity index (χ1n) is 8.12. The van der Waals surface area contributed by atoms with Crippen LogP contribution in [0.1, 0.15) is 84.3 Å². The Morgan fingerprint density at radius 2 is 1.63 bits per heavy atom. The van der Waals surface area contributed by atoms with Crippen molar-refractivity contribution >= 4 is 0 Å². The van der Waals surface area contributed by atoms with Crippen LogP contribution in [-0.4, -0.2) is 9.78 Å². The molecule has 110 valence electrons. The predicted molar refractivity (Wildman–Crippen MR) is 83.5 cm³/mol. The Morgan fingerprint density at radius 1 is 1.00 bits per heavy atom. The van der Waals surface area contributed by atoms with Gasteiger partial charge in [0, 0.05) is 24.4 Å². The zero-order valence-electron chi connectivity index (χ0n) is 13.4. The van der Waals surface area contributed by atoms with Crippen LogP contribution < -0.4 is 0 Å². The van der Waals surface area contributed by atoms with Gasteiger partial charge < -0.3 is 0 Å². The maximum Gasteiger partial charge on any atom is 0.0492 e. The molecular weight excluding hydrogens is 232 g/mol. The smallest absolute Gasteiger partial charge is 0.0492 e. The minimum Gasteiger partial charge on any atom is -0.272 e. The standard InChI is InChI=1S/C17H32N2/c1-5-7-9-10-11-14-17(3,13-8-6-2)16-12-15-18-19(16)4/h12,15H,5-11,13-14H2,1-4H3. The number of hydrogen-bond acceptors (Lipinski definition) is 1. The fourth-order valence-electron chi connectivity index (χ4n) is 3.03. The van der Waals surface area contributed by atoms with Gasteiger partial charge in [-0.3, -0.25) is 4.68 Å². The summed E-state index contributed by atoms with van der Waals surface area (Å²) in [4.78, 5) is 0. The van der Waals surface area contributed by atoms with Gasteiger partial charge in [-0.2, -0.15) is 5.10 Å². The molecule has 0 spiro atoms. The van der Waals surface area contributed by atoms with Gasteiger partial charge in [-0.25, -0.2) is 0 Å². The lowest BCUT2D eigenvalue weighted by Gasteiger charge is -2.30. The lowest BCUT2D eigenvalue weighted by molar-refractivity contribution is 0.346. The topological polar surface area (TPSA) is 17.8 Å². The van der Waals surface area contributed by atoms with Crippen molar-refractivity contribution in [2.24, 2.45) is 7.05 Å². The molecule has 0 aliphatic carbocycles. The van der Waals surface area contributed by atoms with E-state index in [1.165, 1.54) is 63.5 Å². The molecule has 2 nitrogen and oxygen atoms in total. The normalized spacial score (nSPS) is 14.5. The molecule has 19 heavy (non-hydrogen) atoms. The molecule has 0 aliphatic rings. The van der Waals surface area contributed by atoms with E-state index in [9.17, 15) is 0 Å². The van der Waals surface area contributed by atoms with Crippen LogP contribution >= 0.6 is 0 Å². The maximum atomic E-state index is 4.37. The fourth-order valence-corrected chi connectivity index (χ4v) is 3.03. The number of aromatic nitrogens is 2. The van der Waals surface area contributed by atoms with Gasteiger partial charge in [-0.1, -0.05) is 65.7 Å². The highest BCUT2D eigenvalue weighted by molar-refractivity contribution is 5.14. The van der Waals surface area contributed by atoms with E-state index in [0.717, 1.165) is 0 Å². The van der Waals surface area contributed by atoms with Crippen LogP contribution in [0.2, 0.25) is 0 Å². The van der Waals surface area contributed by atoms with Crippen LogP contribution in [0, 0.1) is 0 Å². The molecule has 0 saturated carbocycles. The Balaban J connectivity index is 2.58. The molecule has 0 aliphatic heterocycles.